The van der Waals surface area contributed by atoms with Crippen molar-refractivity contribution < 1.29 is 4.42 Å². The fourth-order valence-corrected chi connectivity index (χ4v) is 4.12. The molecule has 0 radical (unpaired) electrons. The molecule has 4 N–H and O–H groups in total. The third-order valence-electron chi connectivity index (χ3n) is 6.01. The van der Waals surface area contributed by atoms with Crippen LogP contribution in [-0.2, 0) is 0 Å². The summed E-state index contributed by atoms with van der Waals surface area (Å²) in [7, 11) is 0. The monoisotopic (exact) mass is 431 g/mol. The lowest BCUT2D eigenvalue weighted by Gasteiger charge is -2.22. The molecule has 0 unspecified atom stereocenters. The standard InChI is InChI=1S/C24H29N7O/c1-2-3-8-27-18-4-5-21-22(12-18)32-24(30-21)20-11-16(13-28-23(20)25)17-14-29-31(15-17)19-6-9-26-10-7-19/h4-5,11-15,19,26-27H,2-3,6-10H2,1H3,(H2,25,28). The third kappa shape index (κ3) is 4.18. The Hall–Kier alpha value is -3.39. The predicted octanol–water partition coefficient (Wildman–Crippen LogP) is 4.47. The maximum absolute atomic E-state index is 6.20. The Kier molecular flexibility index (Phi) is 5.77. The van der Waals surface area contributed by atoms with Crippen molar-refractivity contribution in [3.05, 3.63) is 42.9 Å². The van der Waals surface area contributed by atoms with Gasteiger partial charge < -0.3 is 20.8 Å². The second kappa shape index (κ2) is 9.00. The van der Waals surface area contributed by atoms with Crippen molar-refractivity contribution in [3.8, 4) is 22.6 Å². The summed E-state index contributed by atoms with van der Waals surface area (Å²) in [4.78, 5) is 9.06. The maximum atomic E-state index is 6.20. The van der Waals surface area contributed by atoms with Crippen LogP contribution in [0.15, 0.2) is 47.3 Å². The molecule has 1 aromatic carbocycles. The van der Waals surface area contributed by atoms with Gasteiger partial charge in [0.05, 0.1) is 17.8 Å². The molecule has 0 amide bonds. The lowest BCUT2D eigenvalue weighted by molar-refractivity contribution is 0.343. The van der Waals surface area contributed by atoms with E-state index >= 15 is 0 Å². The highest BCUT2D eigenvalue weighted by Gasteiger charge is 2.18. The zero-order valence-corrected chi connectivity index (χ0v) is 18.3. The van der Waals surface area contributed by atoms with Crippen LogP contribution in [0.1, 0.15) is 38.6 Å². The van der Waals surface area contributed by atoms with Crippen molar-refractivity contribution >= 4 is 22.6 Å². The van der Waals surface area contributed by atoms with Crippen LogP contribution in [0.25, 0.3) is 33.7 Å². The topological polar surface area (TPSA) is 107 Å². The molecule has 32 heavy (non-hydrogen) atoms. The highest BCUT2D eigenvalue weighted by molar-refractivity contribution is 5.82. The molecule has 0 saturated carbocycles. The zero-order valence-electron chi connectivity index (χ0n) is 18.3. The van der Waals surface area contributed by atoms with E-state index in [4.69, 9.17) is 10.2 Å². The molecule has 0 aliphatic carbocycles. The number of hydrogen-bond donors (Lipinski definition) is 3. The summed E-state index contributed by atoms with van der Waals surface area (Å²) in [6.45, 7) is 5.17. The highest BCUT2D eigenvalue weighted by atomic mass is 16.3. The summed E-state index contributed by atoms with van der Waals surface area (Å²) in [5, 5.41) is 11.4. The number of unbranched alkanes of at least 4 members (excludes halogenated alkanes) is 1. The van der Waals surface area contributed by atoms with Gasteiger partial charge in [-0.3, -0.25) is 4.68 Å². The Labute approximate surface area is 187 Å². The number of nitrogens with two attached hydrogens (primary N) is 1. The summed E-state index contributed by atoms with van der Waals surface area (Å²) < 4.78 is 8.14. The number of pyridine rings is 1. The Morgan fingerprint density at radius 1 is 1.19 bits per heavy atom. The van der Waals surface area contributed by atoms with Crippen LogP contribution < -0.4 is 16.4 Å². The second-order valence-electron chi connectivity index (χ2n) is 8.33. The van der Waals surface area contributed by atoms with Gasteiger partial charge in [-0.2, -0.15) is 5.10 Å². The van der Waals surface area contributed by atoms with Gasteiger partial charge in [0, 0.05) is 41.8 Å². The number of anilines is 2. The number of nitrogens with one attached hydrogen (secondary N) is 2. The summed E-state index contributed by atoms with van der Waals surface area (Å²) in [6, 6.07) is 8.39. The van der Waals surface area contributed by atoms with Crippen LogP contribution >= 0.6 is 0 Å². The quantitative estimate of drug-likeness (QED) is 0.371. The van der Waals surface area contributed by atoms with Crippen LogP contribution in [0.4, 0.5) is 11.5 Å². The van der Waals surface area contributed by atoms with Crippen molar-refractivity contribution in [1.82, 2.24) is 25.1 Å². The van der Waals surface area contributed by atoms with Crippen molar-refractivity contribution in [2.24, 2.45) is 0 Å². The first-order valence-electron chi connectivity index (χ1n) is 11.4. The Balaban J connectivity index is 1.42. The molecule has 1 saturated heterocycles. The van der Waals surface area contributed by atoms with Gasteiger partial charge in [-0.1, -0.05) is 13.3 Å². The van der Waals surface area contributed by atoms with Crippen LogP contribution in [0, 0.1) is 0 Å². The molecular weight excluding hydrogens is 402 g/mol. The van der Waals surface area contributed by atoms with Gasteiger partial charge in [0.2, 0.25) is 5.89 Å². The van der Waals surface area contributed by atoms with Gasteiger partial charge in [0.15, 0.2) is 5.58 Å². The molecule has 8 heteroatoms. The number of rotatable bonds is 7. The Morgan fingerprint density at radius 2 is 2.06 bits per heavy atom. The molecule has 0 spiro atoms. The molecular formula is C24H29N7O. The van der Waals surface area contributed by atoms with E-state index < -0.39 is 0 Å². The maximum Gasteiger partial charge on any atom is 0.231 e. The van der Waals surface area contributed by atoms with Gasteiger partial charge in [0.25, 0.3) is 0 Å². The third-order valence-corrected chi connectivity index (χ3v) is 6.01. The summed E-state index contributed by atoms with van der Waals surface area (Å²) in [5.74, 6) is 0.871. The second-order valence-corrected chi connectivity index (χ2v) is 8.33. The number of fused-ring (bicyclic) bond motifs is 1. The number of hydrogen-bond acceptors (Lipinski definition) is 7. The van der Waals surface area contributed by atoms with Crippen LogP contribution in [0.2, 0.25) is 0 Å². The summed E-state index contributed by atoms with van der Waals surface area (Å²) in [5.41, 5.74) is 11.4. The largest absolute Gasteiger partial charge is 0.436 e. The van der Waals surface area contributed by atoms with Gasteiger partial charge in [-0.25, -0.2) is 9.97 Å². The first-order chi connectivity index (χ1) is 15.7. The van der Waals surface area contributed by atoms with E-state index in [1.165, 1.54) is 0 Å². The predicted molar refractivity (Wildman–Crippen MR) is 127 cm³/mol. The molecule has 0 atom stereocenters. The lowest BCUT2D eigenvalue weighted by atomic mass is 10.1. The molecule has 4 heterocycles. The van der Waals surface area contributed by atoms with Crippen molar-refractivity contribution in [2.75, 3.05) is 30.7 Å². The van der Waals surface area contributed by atoms with Gasteiger partial charge >= 0.3 is 0 Å². The smallest absolute Gasteiger partial charge is 0.231 e. The molecule has 4 aromatic rings. The lowest BCUT2D eigenvalue weighted by Crippen LogP contribution is -2.29. The number of nitrogens with zero attached hydrogens (tertiary/aromatic N) is 4. The van der Waals surface area contributed by atoms with E-state index in [0.717, 1.165) is 73.2 Å². The van der Waals surface area contributed by atoms with Crippen LogP contribution in [-0.4, -0.2) is 39.4 Å². The molecule has 3 aromatic heterocycles. The zero-order chi connectivity index (χ0) is 21.9. The fraction of sp³-hybridized carbons (Fsp3) is 0.375. The van der Waals surface area contributed by atoms with Crippen LogP contribution in [0.3, 0.4) is 0 Å². The fourth-order valence-electron chi connectivity index (χ4n) is 4.12. The number of benzene rings is 1. The molecule has 1 aliphatic rings. The van der Waals surface area contributed by atoms with Crippen molar-refractivity contribution in [1.29, 1.82) is 0 Å². The average molecular weight is 432 g/mol. The van der Waals surface area contributed by atoms with E-state index in [0.29, 0.717) is 23.3 Å². The Morgan fingerprint density at radius 3 is 2.91 bits per heavy atom. The molecule has 0 bridgehead atoms. The Bertz CT molecular complexity index is 1210. The van der Waals surface area contributed by atoms with Crippen LogP contribution in [0.5, 0.6) is 0 Å². The highest BCUT2D eigenvalue weighted by Crippen LogP contribution is 2.32. The van der Waals surface area contributed by atoms with E-state index in [1.54, 1.807) is 6.20 Å². The molecule has 5 rings (SSSR count). The van der Waals surface area contributed by atoms with Crippen molar-refractivity contribution in [3.63, 3.8) is 0 Å². The average Bonchev–Trinajstić information content (AvgIpc) is 3.47. The summed E-state index contributed by atoms with van der Waals surface area (Å²) >= 11 is 0. The number of aromatic nitrogens is 4. The van der Waals surface area contributed by atoms with Gasteiger partial charge in [-0.05, 0) is 50.6 Å². The minimum Gasteiger partial charge on any atom is -0.436 e. The first-order valence-corrected chi connectivity index (χ1v) is 11.4. The van der Waals surface area contributed by atoms with Crippen molar-refractivity contribution in [2.45, 2.75) is 38.6 Å². The van der Waals surface area contributed by atoms with Gasteiger partial charge in [0.1, 0.15) is 11.3 Å². The first kappa shape index (κ1) is 20.5. The molecule has 1 fully saturated rings. The van der Waals surface area contributed by atoms with E-state index in [-0.39, 0.29) is 0 Å². The number of oxazole rings is 1. The molecule has 8 nitrogen and oxygen atoms in total. The number of nitrogen functional groups attached to an aromatic ring is 1. The SMILES string of the molecule is CCCCNc1ccc2nc(-c3cc(-c4cnn(C5CCNCC5)c4)cnc3N)oc2c1. The van der Waals surface area contributed by atoms with E-state index in [9.17, 15) is 0 Å². The molecule has 1 aliphatic heterocycles. The summed E-state index contributed by atoms with van der Waals surface area (Å²) in [6.07, 6.45) is 10.2. The van der Waals surface area contributed by atoms with Gasteiger partial charge in [-0.15, -0.1) is 0 Å². The molecule has 166 valence electrons. The minimum absolute atomic E-state index is 0.396. The number of piperidine rings is 1. The van der Waals surface area contributed by atoms with E-state index in [1.807, 2.05) is 30.5 Å². The normalized spacial score (nSPS) is 14.8. The minimum atomic E-state index is 0.396. The van der Waals surface area contributed by atoms with E-state index in [2.05, 4.69) is 43.5 Å².